The van der Waals surface area contributed by atoms with Crippen molar-refractivity contribution in [2.75, 3.05) is 40.3 Å². The molecule has 0 saturated carbocycles. The number of nitrogens with one attached hydrogen (secondary N) is 1. The Bertz CT molecular complexity index is 748. The van der Waals surface area contributed by atoms with Gasteiger partial charge in [-0.05, 0) is 44.5 Å². The Morgan fingerprint density at radius 3 is 2.47 bits per heavy atom. The number of carbonyl (C=O) groups is 2. The number of pyridine rings is 1. The first kappa shape index (κ1) is 24.5. The molecule has 6 nitrogen and oxygen atoms in total. The Morgan fingerprint density at radius 2 is 1.90 bits per heavy atom. The Balaban J connectivity index is 1.91. The van der Waals surface area contributed by atoms with Crippen molar-refractivity contribution in [1.82, 2.24) is 20.1 Å². The van der Waals surface area contributed by atoms with Crippen molar-refractivity contribution >= 4 is 23.6 Å². The number of nitrogens with zero attached hydrogens (tertiary/aromatic N) is 3. The lowest BCUT2D eigenvalue weighted by molar-refractivity contribution is -0.126. The van der Waals surface area contributed by atoms with Gasteiger partial charge in [0.25, 0.3) is 5.91 Å². The maximum absolute atomic E-state index is 12.7. The smallest absolute Gasteiger partial charge is 0.355 e. The molecule has 1 aliphatic rings. The lowest BCUT2D eigenvalue weighted by Crippen LogP contribution is -2.46. The van der Waals surface area contributed by atoms with Crippen LogP contribution in [0.4, 0.5) is 13.2 Å². The van der Waals surface area contributed by atoms with E-state index in [0.717, 1.165) is 6.54 Å². The number of hydrogen-bond acceptors (Lipinski definition) is 5. The molecule has 1 saturated heterocycles. The van der Waals surface area contributed by atoms with Crippen LogP contribution in [-0.4, -0.2) is 72.4 Å². The average molecular weight is 447 g/mol. The fourth-order valence-corrected chi connectivity index (χ4v) is 4.24. The molecule has 30 heavy (non-hydrogen) atoms. The van der Waals surface area contributed by atoms with Gasteiger partial charge in [-0.2, -0.15) is 13.2 Å². The van der Waals surface area contributed by atoms with Gasteiger partial charge in [-0.15, -0.1) is 0 Å². The van der Waals surface area contributed by atoms with E-state index in [2.05, 4.69) is 29.0 Å². The third kappa shape index (κ3) is 7.46. The van der Waals surface area contributed by atoms with Crippen LogP contribution in [0.1, 0.15) is 37.0 Å². The summed E-state index contributed by atoms with van der Waals surface area (Å²) in [7, 11) is 3.97. The van der Waals surface area contributed by atoms with E-state index in [4.69, 9.17) is 0 Å². The molecule has 0 aromatic carbocycles. The molecule has 0 atom stereocenters. The number of thioether (sulfide) groups is 1. The van der Waals surface area contributed by atoms with Crippen LogP contribution in [0.5, 0.6) is 0 Å². The maximum atomic E-state index is 12.7. The minimum absolute atomic E-state index is 0.0383. The molecular weight excluding hydrogens is 417 g/mol. The standard InChI is InChI=1S/C20H29F3N4O2S/c1-19(2,13-26(3)4)12-25-16(28)14-7-10-27(11-8-14)18(29)15-6-5-9-24-17(15)30-20(21,22)23/h5-6,9,14H,7-8,10-13H2,1-4H3,(H,25,28). The van der Waals surface area contributed by atoms with E-state index in [1.54, 1.807) is 0 Å². The Morgan fingerprint density at radius 1 is 1.27 bits per heavy atom. The van der Waals surface area contributed by atoms with Crippen LogP contribution in [-0.2, 0) is 4.79 Å². The number of hydrogen-bond donors (Lipinski definition) is 1. The lowest BCUT2D eigenvalue weighted by Gasteiger charge is -2.33. The number of aromatic nitrogens is 1. The monoisotopic (exact) mass is 446 g/mol. The molecule has 1 aromatic heterocycles. The molecule has 0 aliphatic carbocycles. The van der Waals surface area contributed by atoms with E-state index in [1.807, 2.05) is 14.1 Å². The zero-order valence-corrected chi connectivity index (χ0v) is 18.6. The molecule has 2 rings (SSSR count). The second-order valence-corrected chi connectivity index (χ2v) is 9.64. The summed E-state index contributed by atoms with van der Waals surface area (Å²) in [5.41, 5.74) is -4.65. The van der Waals surface area contributed by atoms with Crippen molar-refractivity contribution in [1.29, 1.82) is 0 Å². The molecule has 0 spiro atoms. The third-order valence-corrected chi connectivity index (χ3v) is 5.60. The number of likely N-dealkylation sites (tertiary alicyclic amines) is 1. The topological polar surface area (TPSA) is 65.5 Å². The van der Waals surface area contributed by atoms with Crippen LogP contribution in [0.3, 0.4) is 0 Å². The zero-order valence-electron chi connectivity index (χ0n) is 17.8. The van der Waals surface area contributed by atoms with E-state index in [0.29, 0.717) is 32.5 Å². The number of carbonyl (C=O) groups excluding carboxylic acids is 2. The van der Waals surface area contributed by atoms with Gasteiger partial charge in [0.2, 0.25) is 5.91 Å². The second-order valence-electron chi connectivity index (χ2n) is 8.59. The molecular formula is C20H29F3N4O2S. The highest BCUT2D eigenvalue weighted by Crippen LogP contribution is 2.37. The van der Waals surface area contributed by atoms with Crippen molar-refractivity contribution in [2.45, 2.75) is 37.2 Å². The van der Waals surface area contributed by atoms with Gasteiger partial charge in [-0.25, -0.2) is 4.98 Å². The summed E-state index contributed by atoms with van der Waals surface area (Å²) >= 11 is -0.388. The first-order valence-corrected chi connectivity index (χ1v) is 10.6. The highest BCUT2D eigenvalue weighted by Gasteiger charge is 2.34. The molecule has 1 N–H and O–H groups in total. The van der Waals surface area contributed by atoms with Crippen molar-refractivity contribution in [2.24, 2.45) is 11.3 Å². The summed E-state index contributed by atoms with van der Waals surface area (Å²) in [4.78, 5) is 32.5. The summed E-state index contributed by atoms with van der Waals surface area (Å²) in [6, 6.07) is 2.80. The summed E-state index contributed by atoms with van der Waals surface area (Å²) in [5, 5.41) is 2.65. The van der Waals surface area contributed by atoms with E-state index < -0.39 is 11.4 Å². The van der Waals surface area contributed by atoms with Crippen LogP contribution in [0.25, 0.3) is 0 Å². The van der Waals surface area contributed by atoms with Gasteiger partial charge in [0.05, 0.1) is 5.56 Å². The number of alkyl halides is 3. The summed E-state index contributed by atoms with van der Waals surface area (Å²) < 4.78 is 38.2. The van der Waals surface area contributed by atoms with Crippen LogP contribution < -0.4 is 5.32 Å². The third-order valence-electron chi connectivity index (χ3n) is 4.85. The van der Waals surface area contributed by atoms with Crippen molar-refractivity contribution in [3.8, 4) is 0 Å². The highest BCUT2D eigenvalue weighted by molar-refractivity contribution is 8.00. The first-order chi connectivity index (χ1) is 13.9. The van der Waals surface area contributed by atoms with E-state index in [9.17, 15) is 22.8 Å². The number of piperidine rings is 1. The van der Waals surface area contributed by atoms with Gasteiger partial charge in [-0.3, -0.25) is 9.59 Å². The van der Waals surface area contributed by atoms with E-state index in [-0.39, 0.29) is 39.6 Å². The Labute approximate surface area is 179 Å². The summed E-state index contributed by atoms with van der Waals surface area (Å²) in [5.74, 6) is -0.730. The predicted molar refractivity (Wildman–Crippen MR) is 110 cm³/mol. The molecule has 0 bridgehead atoms. The Kier molecular flexibility index (Phi) is 8.15. The molecule has 168 valence electrons. The van der Waals surface area contributed by atoms with Crippen molar-refractivity contribution in [3.05, 3.63) is 23.9 Å². The molecule has 1 aromatic rings. The maximum Gasteiger partial charge on any atom is 0.447 e. The van der Waals surface area contributed by atoms with E-state index in [1.165, 1.54) is 23.2 Å². The largest absolute Gasteiger partial charge is 0.447 e. The predicted octanol–water partition coefficient (Wildman–Crippen LogP) is 3.25. The van der Waals surface area contributed by atoms with Gasteiger partial charge in [0.1, 0.15) is 5.03 Å². The minimum atomic E-state index is -4.52. The summed E-state index contributed by atoms with van der Waals surface area (Å²) in [6.07, 6.45) is 2.20. The molecule has 1 fully saturated rings. The lowest BCUT2D eigenvalue weighted by atomic mass is 9.91. The molecule has 2 heterocycles. The zero-order chi connectivity index (χ0) is 22.5. The highest BCUT2D eigenvalue weighted by atomic mass is 32.2. The summed E-state index contributed by atoms with van der Waals surface area (Å²) in [6.45, 7) is 6.20. The quantitative estimate of drug-likeness (QED) is 0.652. The number of halogens is 3. The Hall–Kier alpha value is -1.81. The van der Waals surface area contributed by atoms with Crippen LogP contribution in [0, 0.1) is 11.3 Å². The number of rotatable bonds is 7. The van der Waals surface area contributed by atoms with Gasteiger partial charge < -0.3 is 15.1 Å². The van der Waals surface area contributed by atoms with Crippen LogP contribution >= 0.6 is 11.8 Å². The fourth-order valence-electron chi connectivity index (χ4n) is 3.64. The van der Waals surface area contributed by atoms with Crippen LogP contribution in [0.15, 0.2) is 23.4 Å². The molecule has 0 unspecified atom stereocenters. The first-order valence-electron chi connectivity index (χ1n) is 9.80. The van der Waals surface area contributed by atoms with Gasteiger partial charge in [0, 0.05) is 50.1 Å². The van der Waals surface area contributed by atoms with Crippen molar-refractivity contribution in [3.63, 3.8) is 0 Å². The normalized spacial score (nSPS) is 16.1. The van der Waals surface area contributed by atoms with Crippen LogP contribution in [0.2, 0.25) is 0 Å². The van der Waals surface area contributed by atoms with Crippen molar-refractivity contribution < 1.29 is 22.8 Å². The van der Waals surface area contributed by atoms with Gasteiger partial charge in [-0.1, -0.05) is 13.8 Å². The minimum Gasteiger partial charge on any atom is -0.355 e. The molecule has 2 amide bonds. The number of amides is 2. The van der Waals surface area contributed by atoms with Gasteiger partial charge >= 0.3 is 5.51 Å². The van der Waals surface area contributed by atoms with Gasteiger partial charge in [0.15, 0.2) is 0 Å². The average Bonchev–Trinajstić information content (AvgIpc) is 2.64. The van der Waals surface area contributed by atoms with E-state index >= 15 is 0 Å². The molecule has 10 heteroatoms. The molecule has 0 radical (unpaired) electrons. The fraction of sp³-hybridized carbons (Fsp3) is 0.650. The SMILES string of the molecule is CN(C)CC(C)(C)CNC(=O)C1CCN(C(=O)c2cccnc2SC(F)(F)F)CC1. The molecule has 1 aliphatic heterocycles. The second kappa shape index (κ2) is 10.00.